The second kappa shape index (κ2) is 6.27. The summed E-state index contributed by atoms with van der Waals surface area (Å²) in [5, 5.41) is 8.19. The van der Waals surface area contributed by atoms with Crippen LogP contribution in [-0.4, -0.2) is 17.6 Å². The number of rotatable bonds is 4. The second-order valence-corrected chi connectivity index (χ2v) is 2.00. The third kappa shape index (κ3) is 6.27. The summed E-state index contributed by atoms with van der Waals surface area (Å²) < 4.78 is 2.95. The Morgan fingerprint density at radius 2 is 2.43 bits per heavy atom. The van der Waals surface area contributed by atoms with Crippen LogP contribution in [0.25, 0.3) is 0 Å². The fourth-order valence-corrected chi connectivity index (χ4v) is 0.660. The van der Waals surface area contributed by atoms with Gasteiger partial charge in [0, 0.05) is 6.54 Å². The zero-order valence-electron chi connectivity index (χ0n) is 4.48. The molecular formula is C4H11NOS. The van der Waals surface area contributed by atoms with E-state index >= 15 is 0 Å². The average Bonchev–Trinajstić information content (AvgIpc) is 1.69. The van der Waals surface area contributed by atoms with E-state index in [-0.39, 0.29) is 5.94 Å². The number of nitrogens with one attached hydrogen (secondary N) is 1. The molecule has 0 amide bonds. The van der Waals surface area contributed by atoms with Crippen LogP contribution in [0.4, 0.5) is 0 Å². The molecule has 44 valence electrons. The number of aliphatic hydroxyl groups is 1. The Morgan fingerprint density at radius 1 is 1.71 bits per heavy atom. The lowest BCUT2D eigenvalue weighted by atomic mass is 10.5. The average molecular weight is 121 g/mol. The van der Waals surface area contributed by atoms with Crippen LogP contribution < -0.4 is 4.72 Å². The van der Waals surface area contributed by atoms with Gasteiger partial charge in [-0.05, 0) is 6.42 Å². The van der Waals surface area contributed by atoms with Gasteiger partial charge in [0.15, 0.2) is 0 Å². The molecule has 0 atom stereocenters. The Labute approximate surface area is 48.4 Å². The van der Waals surface area contributed by atoms with Crippen molar-refractivity contribution >= 4 is 11.9 Å². The molecule has 0 spiro atoms. The molecule has 0 aliphatic carbocycles. The molecule has 0 aromatic rings. The van der Waals surface area contributed by atoms with Gasteiger partial charge >= 0.3 is 0 Å². The summed E-state index contributed by atoms with van der Waals surface area (Å²) in [6.07, 6.45) is 1.12. The maximum absolute atomic E-state index is 8.19. The minimum atomic E-state index is 0.167. The minimum absolute atomic E-state index is 0.167. The molecular weight excluding hydrogens is 110 g/mol. The molecule has 0 aliphatic heterocycles. The summed E-state index contributed by atoms with van der Waals surface area (Å²) in [6.45, 7) is 3.07. The molecule has 0 aliphatic rings. The van der Waals surface area contributed by atoms with Crippen LogP contribution in [0.2, 0.25) is 0 Å². The first-order chi connectivity index (χ1) is 3.41. The smallest absolute Gasteiger partial charge is 0.103 e. The van der Waals surface area contributed by atoms with E-state index in [2.05, 4.69) is 11.6 Å². The molecule has 0 aromatic carbocycles. The summed E-state index contributed by atoms with van der Waals surface area (Å²) >= 11 is 1.34. The lowest BCUT2D eigenvalue weighted by Gasteiger charge is -1.94. The van der Waals surface area contributed by atoms with Gasteiger partial charge in [0.05, 0.1) is 0 Å². The van der Waals surface area contributed by atoms with Gasteiger partial charge in [-0.25, -0.2) is 0 Å². The lowest BCUT2D eigenvalue weighted by Crippen LogP contribution is -2.04. The monoisotopic (exact) mass is 121 g/mol. The van der Waals surface area contributed by atoms with Gasteiger partial charge in [-0.3, -0.25) is 4.72 Å². The standard InChI is InChI=1S/C4H11NOS/c1-2-3-5-7-4-6/h5-6H,2-4H2,1H3. The fourth-order valence-electron chi connectivity index (χ4n) is 0.220. The highest BCUT2D eigenvalue weighted by atomic mass is 32.2. The largest absolute Gasteiger partial charge is 0.384 e. The van der Waals surface area contributed by atoms with Crippen LogP contribution in [0.1, 0.15) is 13.3 Å². The Balaban J connectivity index is 2.45. The molecule has 2 N–H and O–H groups in total. The highest BCUT2D eigenvalue weighted by Crippen LogP contribution is 1.86. The SMILES string of the molecule is CCCNSCO. The molecule has 2 nitrogen and oxygen atoms in total. The number of aliphatic hydroxyl groups excluding tert-OH is 1. The molecule has 0 aromatic heterocycles. The predicted octanol–water partition coefficient (Wildman–Crippen LogP) is 0.584. The van der Waals surface area contributed by atoms with Crippen molar-refractivity contribution in [1.82, 2.24) is 4.72 Å². The number of hydrogen-bond acceptors (Lipinski definition) is 3. The van der Waals surface area contributed by atoms with E-state index in [1.165, 1.54) is 11.9 Å². The van der Waals surface area contributed by atoms with E-state index in [1.54, 1.807) is 0 Å². The normalized spacial score (nSPS) is 9.43. The van der Waals surface area contributed by atoms with Gasteiger partial charge in [0.1, 0.15) is 5.94 Å². The molecule has 0 radical (unpaired) electrons. The Kier molecular flexibility index (Phi) is 6.51. The Morgan fingerprint density at radius 3 is 2.86 bits per heavy atom. The van der Waals surface area contributed by atoms with Crippen molar-refractivity contribution < 1.29 is 5.11 Å². The van der Waals surface area contributed by atoms with Gasteiger partial charge in [-0.2, -0.15) is 0 Å². The van der Waals surface area contributed by atoms with Crippen LogP contribution >= 0.6 is 11.9 Å². The fraction of sp³-hybridized carbons (Fsp3) is 1.00. The van der Waals surface area contributed by atoms with Crippen molar-refractivity contribution in [2.75, 3.05) is 12.5 Å². The summed E-state index contributed by atoms with van der Waals surface area (Å²) in [5.74, 6) is 0.167. The molecule has 0 unspecified atom stereocenters. The third-order valence-corrected chi connectivity index (χ3v) is 1.06. The first-order valence-corrected chi connectivity index (χ1v) is 3.36. The van der Waals surface area contributed by atoms with Crippen LogP contribution in [0.5, 0.6) is 0 Å². The van der Waals surface area contributed by atoms with Crippen LogP contribution in [0.3, 0.4) is 0 Å². The van der Waals surface area contributed by atoms with E-state index in [0.29, 0.717) is 0 Å². The van der Waals surface area contributed by atoms with Gasteiger partial charge in [0.2, 0.25) is 0 Å². The molecule has 0 rings (SSSR count). The van der Waals surface area contributed by atoms with Gasteiger partial charge < -0.3 is 5.11 Å². The van der Waals surface area contributed by atoms with Crippen molar-refractivity contribution in [3.8, 4) is 0 Å². The van der Waals surface area contributed by atoms with Gasteiger partial charge in [-0.1, -0.05) is 18.9 Å². The zero-order valence-corrected chi connectivity index (χ0v) is 5.29. The zero-order chi connectivity index (χ0) is 5.54. The van der Waals surface area contributed by atoms with Crippen molar-refractivity contribution in [1.29, 1.82) is 0 Å². The molecule has 0 saturated carbocycles. The van der Waals surface area contributed by atoms with Crippen molar-refractivity contribution in [3.05, 3.63) is 0 Å². The highest BCUT2D eigenvalue weighted by molar-refractivity contribution is 7.97. The summed E-state index contributed by atoms with van der Waals surface area (Å²) in [5.41, 5.74) is 0. The topological polar surface area (TPSA) is 32.3 Å². The first kappa shape index (κ1) is 7.27. The quantitative estimate of drug-likeness (QED) is 0.324. The van der Waals surface area contributed by atoms with Crippen molar-refractivity contribution in [2.45, 2.75) is 13.3 Å². The summed E-state index contributed by atoms with van der Waals surface area (Å²) in [7, 11) is 0. The van der Waals surface area contributed by atoms with E-state index in [0.717, 1.165) is 13.0 Å². The summed E-state index contributed by atoms with van der Waals surface area (Å²) in [4.78, 5) is 0. The van der Waals surface area contributed by atoms with E-state index in [1.807, 2.05) is 0 Å². The first-order valence-electron chi connectivity index (χ1n) is 2.37. The van der Waals surface area contributed by atoms with E-state index < -0.39 is 0 Å². The molecule has 3 heteroatoms. The predicted molar refractivity (Wildman–Crippen MR) is 33.0 cm³/mol. The number of hydrogen-bond donors (Lipinski definition) is 2. The third-order valence-electron chi connectivity index (χ3n) is 0.519. The Hall–Kier alpha value is 0.270. The molecule has 7 heavy (non-hydrogen) atoms. The summed E-state index contributed by atoms with van der Waals surface area (Å²) in [6, 6.07) is 0. The van der Waals surface area contributed by atoms with E-state index in [4.69, 9.17) is 5.11 Å². The maximum atomic E-state index is 8.19. The Bertz CT molecular complexity index is 30.9. The molecule has 0 bridgehead atoms. The highest BCUT2D eigenvalue weighted by Gasteiger charge is 1.77. The van der Waals surface area contributed by atoms with Crippen LogP contribution in [-0.2, 0) is 0 Å². The van der Waals surface area contributed by atoms with Crippen LogP contribution in [0, 0.1) is 0 Å². The van der Waals surface area contributed by atoms with Crippen LogP contribution in [0.15, 0.2) is 0 Å². The van der Waals surface area contributed by atoms with Gasteiger partial charge in [-0.15, -0.1) is 0 Å². The second-order valence-electron chi connectivity index (χ2n) is 1.17. The lowest BCUT2D eigenvalue weighted by molar-refractivity contribution is 0.374. The van der Waals surface area contributed by atoms with E-state index in [9.17, 15) is 0 Å². The molecule has 0 heterocycles. The molecule has 0 saturated heterocycles. The van der Waals surface area contributed by atoms with Gasteiger partial charge in [0.25, 0.3) is 0 Å². The maximum Gasteiger partial charge on any atom is 0.103 e. The van der Waals surface area contributed by atoms with Crippen molar-refractivity contribution in [3.63, 3.8) is 0 Å². The van der Waals surface area contributed by atoms with Crippen molar-refractivity contribution in [2.24, 2.45) is 0 Å². The minimum Gasteiger partial charge on any atom is -0.384 e. The molecule has 0 fully saturated rings.